The van der Waals surface area contributed by atoms with Crippen molar-refractivity contribution < 1.29 is 4.42 Å². The van der Waals surface area contributed by atoms with Crippen LogP contribution in [0.15, 0.2) is 41.0 Å². The predicted octanol–water partition coefficient (Wildman–Crippen LogP) is 3.29. The Morgan fingerprint density at radius 2 is 2.13 bits per heavy atom. The second-order valence-corrected chi connectivity index (χ2v) is 3.94. The summed E-state index contributed by atoms with van der Waals surface area (Å²) in [5.41, 5.74) is 8.09. The molecule has 78 valence electrons. The SMILES string of the molecule is Cc1ccoc1C(N)c1cccc(Cl)c1. The highest BCUT2D eigenvalue weighted by Crippen LogP contribution is 2.24. The number of benzene rings is 1. The second kappa shape index (κ2) is 4.09. The summed E-state index contributed by atoms with van der Waals surface area (Å²) in [7, 11) is 0. The number of halogens is 1. The lowest BCUT2D eigenvalue weighted by Crippen LogP contribution is -2.11. The Balaban J connectivity index is 2.36. The van der Waals surface area contributed by atoms with Crippen LogP contribution in [-0.2, 0) is 0 Å². The fourth-order valence-electron chi connectivity index (χ4n) is 1.55. The first-order valence-corrected chi connectivity index (χ1v) is 5.11. The Kier molecular flexibility index (Phi) is 2.80. The molecule has 2 N–H and O–H groups in total. The fraction of sp³-hybridized carbons (Fsp3) is 0.167. The van der Waals surface area contributed by atoms with E-state index >= 15 is 0 Å². The second-order valence-electron chi connectivity index (χ2n) is 3.50. The average molecular weight is 222 g/mol. The number of hydrogen-bond acceptors (Lipinski definition) is 2. The van der Waals surface area contributed by atoms with Crippen molar-refractivity contribution in [3.63, 3.8) is 0 Å². The van der Waals surface area contributed by atoms with E-state index in [2.05, 4.69) is 0 Å². The van der Waals surface area contributed by atoms with Crippen LogP contribution in [0, 0.1) is 6.92 Å². The molecule has 1 unspecified atom stereocenters. The molecule has 0 amide bonds. The van der Waals surface area contributed by atoms with Crippen LogP contribution < -0.4 is 5.73 Å². The van der Waals surface area contributed by atoms with Crippen molar-refractivity contribution in [3.8, 4) is 0 Å². The molecule has 2 nitrogen and oxygen atoms in total. The molecule has 1 heterocycles. The van der Waals surface area contributed by atoms with Crippen LogP contribution in [0.2, 0.25) is 5.02 Å². The van der Waals surface area contributed by atoms with Crippen molar-refractivity contribution >= 4 is 11.6 Å². The first kappa shape index (κ1) is 10.3. The van der Waals surface area contributed by atoms with E-state index in [4.69, 9.17) is 21.8 Å². The summed E-state index contributed by atoms with van der Waals surface area (Å²) in [4.78, 5) is 0. The highest BCUT2D eigenvalue weighted by atomic mass is 35.5. The van der Waals surface area contributed by atoms with Gasteiger partial charge >= 0.3 is 0 Å². The summed E-state index contributed by atoms with van der Waals surface area (Å²) < 4.78 is 5.35. The lowest BCUT2D eigenvalue weighted by atomic mass is 10.0. The van der Waals surface area contributed by atoms with Gasteiger partial charge in [-0.3, -0.25) is 0 Å². The fourth-order valence-corrected chi connectivity index (χ4v) is 1.75. The van der Waals surface area contributed by atoms with Gasteiger partial charge in [0.2, 0.25) is 0 Å². The van der Waals surface area contributed by atoms with E-state index in [0.29, 0.717) is 5.02 Å². The Bertz CT molecular complexity index is 464. The molecule has 0 saturated heterocycles. The van der Waals surface area contributed by atoms with Gasteiger partial charge < -0.3 is 10.2 Å². The standard InChI is InChI=1S/C12H12ClNO/c1-8-5-6-15-12(8)11(14)9-3-2-4-10(13)7-9/h2-7,11H,14H2,1H3. The third kappa shape index (κ3) is 2.06. The molecule has 0 radical (unpaired) electrons. The Hall–Kier alpha value is -1.25. The minimum absolute atomic E-state index is 0.251. The minimum Gasteiger partial charge on any atom is -0.467 e. The van der Waals surface area contributed by atoms with Crippen LogP contribution in [-0.4, -0.2) is 0 Å². The van der Waals surface area contributed by atoms with E-state index in [0.717, 1.165) is 16.9 Å². The topological polar surface area (TPSA) is 39.2 Å². The largest absolute Gasteiger partial charge is 0.467 e. The third-order valence-corrected chi connectivity index (χ3v) is 2.63. The normalized spacial score (nSPS) is 12.7. The van der Waals surface area contributed by atoms with Crippen molar-refractivity contribution in [1.29, 1.82) is 0 Å². The molecule has 1 aromatic heterocycles. The van der Waals surface area contributed by atoms with Crippen LogP contribution in [0.1, 0.15) is 22.9 Å². The van der Waals surface area contributed by atoms with Gasteiger partial charge in [0, 0.05) is 5.02 Å². The van der Waals surface area contributed by atoms with Crippen LogP contribution in [0.4, 0.5) is 0 Å². The lowest BCUT2D eigenvalue weighted by molar-refractivity contribution is 0.487. The molecule has 2 rings (SSSR count). The van der Waals surface area contributed by atoms with E-state index in [1.807, 2.05) is 37.3 Å². The molecule has 0 saturated carbocycles. The highest BCUT2D eigenvalue weighted by molar-refractivity contribution is 6.30. The van der Waals surface area contributed by atoms with Gasteiger partial charge in [-0.1, -0.05) is 23.7 Å². The molecule has 0 aliphatic heterocycles. The minimum atomic E-state index is -0.251. The van der Waals surface area contributed by atoms with Crippen molar-refractivity contribution in [2.45, 2.75) is 13.0 Å². The summed E-state index contributed by atoms with van der Waals surface area (Å²) in [6.45, 7) is 1.98. The number of rotatable bonds is 2. The molecule has 1 aromatic carbocycles. The smallest absolute Gasteiger partial charge is 0.127 e. The van der Waals surface area contributed by atoms with Crippen molar-refractivity contribution in [1.82, 2.24) is 0 Å². The van der Waals surface area contributed by atoms with Gasteiger partial charge in [0.15, 0.2) is 0 Å². The monoisotopic (exact) mass is 221 g/mol. The summed E-state index contributed by atoms with van der Waals surface area (Å²) >= 11 is 5.90. The van der Waals surface area contributed by atoms with E-state index in [9.17, 15) is 0 Å². The first-order chi connectivity index (χ1) is 7.18. The van der Waals surface area contributed by atoms with Gasteiger partial charge in [0.25, 0.3) is 0 Å². The molecule has 2 aromatic rings. The van der Waals surface area contributed by atoms with Gasteiger partial charge in [-0.25, -0.2) is 0 Å². The van der Waals surface area contributed by atoms with Gasteiger partial charge in [-0.2, -0.15) is 0 Å². The van der Waals surface area contributed by atoms with Crippen LogP contribution >= 0.6 is 11.6 Å². The van der Waals surface area contributed by atoms with Crippen LogP contribution in [0.5, 0.6) is 0 Å². The van der Waals surface area contributed by atoms with Gasteiger partial charge in [0.1, 0.15) is 5.76 Å². The van der Waals surface area contributed by atoms with Gasteiger partial charge in [0.05, 0.1) is 12.3 Å². The van der Waals surface area contributed by atoms with E-state index in [1.54, 1.807) is 6.26 Å². The van der Waals surface area contributed by atoms with Crippen molar-refractivity contribution in [2.75, 3.05) is 0 Å². The van der Waals surface area contributed by atoms with Gasteiger partial charge in [-0.15, -0.1) is 0 Å². The Labute approximate surface area is 93.7 Å². The number of aryl methyl sites for hydroxylation is 1. The Morgan fingerprint density at radius 1 is 1.33 bits per heavy atom. The van der Waals surface area contributed by atoms with Gasteiger partial charge in [-0.05, 0) is 36.2 Å². The summed E-state index contributed by atoms with van der Waals surface area (Å²) in [5, 5.41) is 0.687. The Morgan fingerprint density at radius 3 is 2.73 bits per heavy atom. The zero-order valence-electron chi connectivity index (χ0n) is 8.41. The molecule has 15 heavy (non-hydrogen) atoms. The van der Waals surface area contributed by atoms with E-state index in [-0.39, 0.29) is 6.04 Å². The average Bonchev–Trinajstić information content (AvgIpc) is 2.63. The molecule has 0 bridgehead atoms. The molecule has 0 spiro atoms. The number of hydrogen-bond donors (Lipinski definition) is 1. The molecule has 0 aliphatic rings. The third-order valence-electron chi connectivity index (χ3n) is 2.39. The quantitative estimate of drug-likeness (QED) is 0.845. The first-order valence-electron chi connectivity index (χ1n) is 4.73. The van der Waals surface area contributed by atoms with E-state index < -0.39 is 0 Å². The zero-order valence-corrected chi connectivity index (χ0v) is 9.16. The van der Waals surface area contributed by atoms with Crippen molar-refractivity contribution in [2.24, 2.45) is 5.73 Å². The summed E-state index contributed by atoms with van der Waals surface area (Å²) in [5.74, 6) is 0.789. The molecule has 0 aliphatic carbocycles. The molecule has 1 atom stereocenters. The van der Waals surface area contributed by atoms with Crippen molar-refractivity contribution in [3.05, 3.63) is 58.5 Å². The van der Waals surface area contributed by atoms with Crippen LogP contribution in [0.25, 0.3) is 0 Å². The molecular weight excluding hydrogens is 210 g/mol. The summed E-state index contributed by atoms with van der Waals surface area (Å²) in [6.07, 6.45) is 1.65. The molecule has 3 heteroatoms. The molecular formula is C12H12ClNO. The highest BCUT2D eigenvalue weighted by Gasteiger charge is 2.14. The van der Waals surface area contributed by atoms with E-state index in [1.165, 1.54) is 0 Å². The predicted molar refractivity (Wildman–Crippen MR) is 60.9 cm³/mol. The maximum absolute atomic E-state index is 6.08. The summed E-state index contributed by atoms with van der Waals surface area (Å²) in [6, 6.07) is 9.16. The maximum atomic E-state index is 6.08. The number of nitrogens with two attached hydrogens (primary N) is 1. The van der Waals surface area contributed by atoms with Crippen LogP contribution in [0.3, 0.4) is 0 Å². The lowest BCUT2D eigenvalue weighted by Gasteiger charge is -2.10. The maximum Gasteiger partial charge on any atom is 0.127 e. The molecule has 0 fully saturated rings. The number of furan rings is 1. The zero-order chi connectivity index (χ0) is 10.8.